The summed E-state index contributed by atoms with van der Waals surface area (Å²) in [5.74, 6) is 0. The van der Waals surface area contributed by atoms with Crippen molar-refractivity contribution in [3.05, 3.63) is 0 Å². The third-order valence-corrected chi connectivity index (χ3v) is 3.62. The van der Waals surface area contributed by atoms with Gasteiger partial charge in [-0.1, -0.05) is 0 Å². The standard InChI is InChI=1S/C11H19ClO3/c1-13-5-6-14-11-9(12)7-10(11)15-8-3-2-4-8/h8-11H,2-7H2,1H3. The minimum absolute atomic E-state index is 0.0717. The van der Waals surface area contributed by atoms with Crippen LogP contribution in [0.3, 0.4) is 0 Å². The highest BCUT2D eigenvalue weighted by Gasteiger charge is 2.43. The third-order valence-electron chi connectivity index (χ3n) is 3.20. The number of halogens is 1. The van der Waals surface area contributed by atoms with E-state index in [1.807, 2.05) is 0 Å². The van der Waals surface area contributed by atoms with Gasteiger partial charge >= 0.3 is 0 Å². The topological polar surface area (TPSA) is 27.7 Å². The fourth-order valence-electron chi connectivity index (χ4n) is 1.89. The van der Waals surface area contributed by atoms with E-state index in [1.165, 1.54) is 19.3 Å². The first kappa shape index (κ1) is 11.6. The van der Waals surface area contributed by atoms with E-state index in [1.54, 1.807) is 7.11 Å². The molecule has 0 bridgehead atoms. The Morgan fingerprint density at radius 3 is 2.60 bits per heavy atom. The van der Waals surface area contributed by atoms with Crippen molar-refractivity contribution in [3.8, 4) is 0 Å². The van der Waals surface area contributed by atoms with Crippen LogP contribution in [0.1, 0.15) is 25.7 Å². The van der Waals surface area contributed by atoms with Crippen LogP contribution in [0.2, 0.25) is 0 Å². The fraction of sp³-hybridized carbons (Fsp3) is 1.00. The summed E-state index contributed by atoms with van der Waals surface area (Å²) in [6.07, 6.45) is 5.39. The number of alkyl halides is 1. The predicted octanol–water partition coefficient (Wildman–Crippen LogP) is 1.97. The first-order valence-electron chi connectivity index (χ1n) is 5.71. The molecule has 0 aromatic rings. The Hall–Kier alpha value is 0.170. The van der Waals surface area contributed by atoms with E-state index >= 15 is 0 Å². The Morgan fingerprint density at radius 2 is 2.07 bits per heavy atom. The quantitative estimate of drug-likeness (QED) is 0.520. The highest BCUT2D eigenvalue weighted by Crippen LogP contribution is 2.35. The number of hydrogen-bond donors (Lipinski definition) is 0. The second-order valence-corrected chi connectivity index (χ2v) is 4.87. The molecule has 2 aliphatic carbocycles. The molecule has 2 fully saturated rings. The van der Waals surface area contributed by atoms with E-state index in [-0.39, 0.29) is 17.6 Å². The normalized spacial score (nSPS) is 36.0. The summed E-state index contributed by atoms with van der Waals surface area (Å²) in [5, 5.41) is 0.118. The minimum Gasteiger partial charge on any atom is -0.382 e. The molecular formula is C11H19ClO3. The predicted molar refractivity (Wildman–Crippen MR) is 58.4 cm³/mol. The molecule has 0 aromatic carbocycles. The van der Waals surface area contributed by atoms with Crippen molar-refractivity contribution in [2.45, 2.75) is 49.4 Å². The van der Waals surface area contributed by atoms with Crippen LogP contribution < -0.4 is 0 Å². The van der Waals surface area contributed by atoms with Gasteiger partial charge in [0.25, 0.3) is 0 Å². The van der Waals surface area contributed by atoms with E-state index in [9.17, 15) is 0 Å². The summed E-state index contributed by atoms with van der Waals surface area (Å²) in [6, 6.07) is 0. The van der Waals surface area contributed by atoms with Crippen molar-refractivity contribution < 1.29 is 14.2 Å². The molecule has 0 amide bonds. The van der Waals surface area contributed by atoms with Gasteiger partial charge < -0.3 is 14.2 Å². The lowest BCUT2D eigenvalue weighted by Gasteiger charge is -2.43. The Morgan fingerprint density at radius 1 is 1.27 bits per heavy atom. The zero-order valence-electron chi connectivity index (χ0n) is 9.15. The molecule has 0 spiro atoms. The Balaban J connectivity index is 1.65. The van der Waals surface area contributed by atoms with Gasteiger partial charge in [-0.15, -0.1) is 11.6 Å². The summed E-state index contributed by atoms with van der Waals surface area (Å²) < 4.78 is 16.5. The van der Waals surface area contributed by atoms with Gasteiger partial charge in [0.1, 0.15) is 6.10 Å². The second-order valence-electron chi connectivity index (χ2n) is 4.31. The number of ether oxygens (including phenoxy) is 3. The lowest BCUT2D eigenvalue weighted by atomic mass is 9.89. The highest BCUT2D eigenvalue weighted by molar-refractivity contribution is 6.21. The summed E-state index contributed by atoms with van der Waals surface area (Å²) in [4.78, 5) is 0. The maximum absolute atomic E-state index is 6.09. The van der Waals surface area contributed by atoms with Gasteiger partial charge in [-0.25, -0.2) is 0 Å². The molecule has 2 rings (SSSR count). The molecule has 3 unspecified atom stereocenters. The molecule has 2 aliphatic rings. The van der Waals surface area contributed by atoms with Gasteiger partial charge in [0, 0.05) is 7.11 Å². The van der Waals surface area contributed by atoms with Crippen LogP contribution in [0.4, 0.5) is 0 Å². The van der Waals surface area contributed by atoms with Gasteiger partial charge in [-0.2, -0.15) is 0 Å². The van der Waals surface area contributed by atoms with Crippen molar-refractivity contribution in [3.63, 3.8) is 0 Å². The van der Waals surface area contributed by atoms with Crippen molar-refractivity contribution in [2.75, 3.05) is 20.3 Å². The number of rotatable bonds is 6. The van der Waals surface area contributed by atoms with E-state index in [4.69, 9.17) is 25.8 Å². The van der Waals surface area contributed by atoms with Gasteiger partial charge in [-0.05, 0) is 25.7 Å². The van der Waals surface area contributed by atoms with Crippen molar-refractivity contribution >= 4 is 11.6 Å². The monoisotopic (exact) mass is 234 g/mol. The van der Waals surface area contributed by atoms with Crippen LogP contribution >= 0.6 is 11.6 Å². The molecule has 15 heavy (non-hydrogen) atoms. The summed E-state index contributed by atoms with van der Waals surface area (Å²) in [5.41, 5.74) is 0. The van der Waals surface area contributed by atoms with E-state index < -0.39 is 0 Å². The first-order chi connectivity index (χ1) is 7.31. The SMILES string of the molecule is COCCOC1C(Cl)CC1OC1CCC1. The zero-order valence-corrected chi connectivity index (χ0v) is 9.91. The minimum atomic E-state index is 0.0717. The van der Waals surface area contributed by atoms with Crippen LogP contribution in [0.5, 0.6) is 0 Å². The first-order valence-corrected chi connectivity index (χ1v) is 6.15. The molecule has 0 radical (unpaired) electrons. The molecule has 2 saturated carbocycles. The van der Waals surface area contributed by atoms with Crippen LogP contribution in [-0.2, 0) is 14.2 Å². The second kappa shape index (κ2) is 5.48. The van der Waals surface area contributed by atoms with Gasteiger partial charge in [0.15, 0.2) is 0 Å². The molecule has 3 nitrogen and oxygen atoms in total. The number of hydrogen-bond acceptors (Lipinski definition) is 3. The van der Waals surface area contributed by atoms with Gasteiger partial charge in [0.2, 0.25) is 0 Å². The molecule has 88 valence electrons. The van der Waals surface area contributed by atoms with Crippen LogP contribution in [0.15, 0.2) is 0 Å². The van der Waals surface area contributed by atoms with Gasteiger partial charge in [-0.3, -0.25) is 0 Å². The number of methoxy groups -OCH3 is 1. The molecule has 0 N–H and O–H groups in total. The Kier molecular flexibility index (Phi) is 4.26. The van der Waals surface area contributed by atoms with Crippen molar-refractivity contribution in [2.24, 2.45) is 0 Å². The molecule has 0 aliphatic heterocycles. The lowest BCUT2D eigenvalue weighted by molar-refractivity contribution is -0.165. The highest BCUT2D eigenvalue weighted by atomic mass is 35.5. The van der Waals surface area contributed by atoms with Crippen LogP contribution in [0, 0.1) is 0 Å². The molecule has 4 heteroatoms. The summed E-state index contributed by atoms with van der Waals surface area (Å²) in [7, 11) is 1.67. The Bertz CT molecular complexity index is 196. The van der Waals surface area contributed by atoms with Gasteiger partial charge in [0.05, 0.1) is 30.8 Å². The average Bonchev–Trinajstić information content (AvgIpc) is 2.16. The summed E-state index contributed by atoms with van der Waals surface area (Å²) >= 11 is 6.09. The average molecular weight is 235 g/mol. The van der Waals surface area contributed by atoms with Crippen LogP contribution in [-0.4, -0.2) is 44.0 Å². The van der Waals surface area contributed by atoms with E-state index in [0.717, 1.165) is 6.42 Å². The fourth-order valence-corrected chi connectivity index (χ4v) is 2.30. The Labute approximate surface area is 96.0 Å². The maximum atomic E-state index is 6.09. The molecule has 0 heterocycles. The summed E-state index contributed by atoms with van der Waals surface area (Å²) in [6.45, 7) is 1.23. The van der Waals surface area contributed by atoms with E-state index in [0.29, 0.717) is 19.3 Å². The zero-order chi connectivity index (χ0) is 10.7. The van der Waals surface area contributed by atoms with Crippen molar-refractivity contribution in [1.29, 1.82) is 0 Å². The molecule has 0 saturated heterocycles. The van der Waals surface area contributed by atoms with E-state index in [2.05, 4.69) is 0 Å². The molecule has 3 atom stereocenters. The molecule has 0 aromatic heterocycles. The smallest absolute Gasteiger partial charge is 0.100 e. The lowest BCUT2D eigenvalue weighted by Crippen LogP contribution is -2.53. The largest absolute Gasteiger partial charge is 0.382 e. The van der Waals surface area contributed by atoms with Crippen LogP contribution in [0.25, 0.3) is 0 Å². The van der Waals surface area contributed by atoms with Crippen molar-refractivity contribution in [1.82, 2.24) is 0 Å². The molecular weight excluding hydrogens is 216 g/mol. The third kappa shape index (κ3) is 2.84. The maximum Gasteiger partial charge on any atom is 0.100 e.